The van der Waals surface area contributed by atoms with Gasteiger partial charge in [0.1, 0.15) is 6.61 Å². The summed E-state index contributed by atoms with van der Waals surface area (Å²) < 4.78 is 20.6. The second kappa shape index (κ2) is 5.73. The number of esters is 1. The monoisotopic (exact) mass is 368 g/mol. The molecule has 2 fully saturated rings. The smallest absolute Gasteiger partial charge is 0.417 e. The van der Waals surface area contributed by atoms with Crippen LogP contribution in [0.3, 0.4) is 0 Å². The molecule has 0 unspecified atom stereocenters. The van der Waals surface area contributed by atoms with Crippen molar-refractivity contribution in [1.82, 2.24) is 10.2 Å². The molecule has 1 N–H and O–H groups in total. The Morgan fingerprint density at radius 3 is 2.68 bits per heavy atom. The van der Waals surface area contributed by atoms with Gasteiger partial charge in [-0.05, 0) is 38.2 Å². The van der Waals surface area contributed by atoms with Crippen LogP contribution in [0.2, 0.25) is 0 Å². The first-order valence-electron chi connectivity index (χ1n) is 7.37. The maximum atomic E-state index is 13.1. The number of carbonyl (C=O) groups excluding carboxylic acids is 3. The lowest BCUT2D eigenvalue weighted by Crippen LogP contribution is -2.60. The fraction of sp³-hybridized carbons (Fsp3) is 0.467. The average molecular weight is 368 g/mol. The van der Waals surface area contributed by atoms with E-state index in [0.29, 0.717) is 0 Å². The van der Waals surface area contributed by atoms with Crippen molar-refractivity contribution in [3.8, 4) is 0 Å². The molecule has 0 spiro atoms. The lowest BCUT2D eigenvalue weighted by Gasteiger charge is -2.32. The van der Waals surface area contributed by atoms with E-state index >= 15 is 0 Å². The molecule has 0 radical (unpaired) electrons. The van der Waals surface area contributed by atoms with Gasteiger partial charge in [-0.25, -0.2) is 14.5 Å². The van der Waals surface area contributed by atoms with E-state index in [1.807, 2.05) is 0 Å². The lowest BCUT2D eigenvalue weighted by molar-refractivity contribution is -0.167. The molecule has 2 amide bonds. The van der Waals surface area contributed by atoms with Crippen molar-refractivity contribution in [2.45, 2.75) is 31.0 Å². The van der Waals surface area contributed by atoms with Gasteiger partial charge in [0.05, 0.1) is 18.9 Å². The van der Waals surface area contributed by atoms with Crippen LogP contribution in [0.1, 0.15) is 19.6 Å². The molecule has 0 saturated carbocycles. The third-order valence-corrected chi connectivity index (χ3v) is 4.30. The number of rotatable bonds is 3. The molecule has 10 heteroatoms. The van der Waals surface area contributed by atoms with Gasteiger partial charge in [-0.1, -0.05) is 0 Å². The molecule has 25 heavy (non-hydrogen) atoms. The molecule has 134 valence electrons. The molecule has 9 nitrogen and oxygen atoms in total. The molecule has 1 aromatic rings. The molecule has 1 aromatic heterocycles. The van der Waals surface area contributed by atoms with Crippen molar-refractivity contribution in [2.75, 3.05) is 13.7 Å². The predicted octanol–water partition coefficient (Wildman–Crippen LogP) is 0.679. The van der Waals surface area contributed by atoms with Crippen LogP contribution in [-0.2, 0) is 29.4 Å². The summed E-state index contributed by atoms with van der Waals surface area (Å²) in [5, 5.41) is 2.44. The first kappa shape index (κ1) is 17.2. The van der Waals surface area contributed by atoms with E-state index in [4.69, 9.17) is 30.8 Å². The van der Waals surface area contributed by atoms with Gasteiger partial charge in [0, 0.05) is 0 Å². The highest BCUT2D eigenvalue weighted by atomic mass is 32.1. The molecular weight excluding hydrogens is 352 g/mol. The first-order chi connectivity index (χ1) is 11.7. The van der Waals surface area contributed by atoms with Crippen molar-refractivity contribution in [3.05, 3.63) is 24.2 Å². The summed E-state index contributed by atoms with van der Waals surface area (Å²) in [6.07, 6.45) is 0.508. The number of cyclic esters (lactones) is 1. The van der Waals surface area contributed by atoms with Crippen molar-refractivity contribution < 1.29 is 33.0 Å². The SMILES string of the molecule is COC(=O)[C@]1(c2ccco2)OC(=S)N[C@@H]1C(=O)N1C(=O)OCC1(C)C. The Bertz CT molecular complexity index is 745. The fourth-order valence-electron chi connectivity index (χ4n) is 2.92. The minimum absolute atomic E-state index is 0.0235. The summed E-state index contributed by atoms with van der Waals surface area (Å²) in [5.41, 5.74) is -2.88. The molecule has 0 bridgehead atoms. The van der Waals surface area contributed by atoms with Crippen LogP contribution in [0, 0.1) is 0 Å². The molecule has 0 aromatic carbocycles. The Balaban J connectivity index is 2.09. The highest BCUT2D eigenvalue weighted by Gasteiger charge is 2.64. The number of hydrogen-bond donors (Lipinski definition) is 1. The van der Waals surface area contributed by atoms with Gasteiger partial charge in [-0.2, -0.15) is 0 Å². The summed E-state index contributed by atoms with van der Waals surface area (Å²) >= 11 is 5.00. The van der Waals surface area contributed by atoms with Gasteiger partial charge < -0.3 is 23.9 Å². The van der Waals surface area contributed by atoms with Crippen LogP contribution < -0.4 is 5.32 Å². The minimum Gasteiger partial charge on any atom is -0.466 e. The average Bonchev–Trinajstić information content (AvgIpc) is 3.25. The van der Waals surface area contributed by atoms with Crippen molar-refractivity contribution >= 4 is 35.4 Å². The summed E-state index contributed by atoms with van der Waals surface area (Å²) in [6, 6.07) is 1.63. The first-order valence-corrected chi connectivity index (χ1v) is 7.77. The zero-order valence-corrected chi connectivity index (χ0v) is 14.5. The number of thiocarbonyl (C=S) groups is 1. The molecule has 2 aliphatic rings. The normalized spacial score (nSPS) is 27.5. The van der Waals surface area contributed by atoms with E-state index in [1.54, 1.807) is 13.8 Å². The summed E-state index contributed by atoms with van der Waals surface area (Å²) in [5.74, 6) is -1.61. The highest BCUT2D eigenvalue weighted by Crippen LogP contribution is 2.38. The number of methoxy groups -OCH3 is 1. The van der Waals surface area contributed by atoms with E-state index in [1.165, 1.54) is 18.4 Å². The largest absolute Gasteiger partial charge is 0.466 e. The fourth-order valence-corrected chi connectivity index (χ4v) is 3.17. The molecule has 2 atom stereocenters. The van der Waals surface area contributed by atoms with Gasteiger partial charge in [0.25, 0.3) is 16.7 Å². The minimum atomic E-state index is -1.98. The number of ether oxygens (including phenoxy) is 3. The van der Waals surface area contributed by atoms with Crippen LogP contribution in [0.4, 0.5) is 4.79 Å². The number of nitrogens with zero attached hydrogens (tertiary/aromatic N) is 1. The Morgan fingerprint density at radius 2 is 2.16 bits per heavy atom. The second-order valence-electron chi connectivity index (χ2n) is 6.21. The number of nitrogens with one attached hydrogen (secondary N) is 1. The Labute approximate surface area is 148 Å². The standard InChI is InChI=1S/C15H16N2O7S/c1-14(2)7-23-13(20)17(14)10(18)9-15(11(19)21-3,24-12(25)16-9)8-5-4-6-22-8/h4-6,9H,7H2,1-3H3,(H,16,25)/t9-,15-/m1/s1. The maximum absolute atomic E-state index is 13.1. The number of furan rings is 1. The number of imide groups is 1. The molecule has 0 aliphatic carbocycles. The number of hydrogen-bond acceptors (Lipinski definition) is 8. The van der Waals surface area contributed by atoms with Crippen LogP contribution in [0.25, 0.3) is 0 Å². The van der Waals surface area contributed by atoms with Crippen LogP contribution >= 0.6 is 12.2 Å². The molecule has 2 aliphatic heterocycles. The highest BCUT2D eigenvalue weighted by molar-refractivity contribution is 7.80. The zero-order chi connectivity index (χ0) is 18.4. The van der Waals surface area contributed by atoms with Gasteiger partial charge in [0.2, 0.25) is 0 Å². The van der Waals surface area contributed by atoms with E-state index in [2.05, 4.69) is 5.32 Å². The van der Waals surface area contributed by atoms with Crippen molar-refractivity contribution in [2.24, 2.45) is 0 Å². The van der Waals surface area contributed by atoms with Gasteiger partial charge >= 0.3 is 12.1 Å². The van der Waals surface area contributed by atoms with Gasteiger partial charge in [0.15, 0.2) is 11.8 Å². The third-order valence-electron chi connectivity index (χ3n) is 4.10. The van der Waals surface area contributed by atoms with Crippen LogP contribution in [0.15, 0.2) is 22.8 Å². The maximum Gasteiger partial charge on any atom is 0.417 e. The lowest BCUT2D eigenvalue weighted by atomic mass is 9.89. The van der Waals surface area contributed by atoms with Crippen molar-refractivity contribution in [1.29, 1.82) is 0 Å². The Morgan fingerprint density at radius 1 is 1.44 bits per heavy atom. The number of amides is 2. The number of carbonyl (C=O) groups is 3. The van der Waals surface area contributed by atoms with Crippen molar-refractivity contribution in [3.63, 3.8) is 0 Å². The van der Waals surface area contributed by atoms with Crippen LogP contribution in [-0.4, -0.2) is 53.3 Å². The van der Waals surface area contributed by atoms with Crippen LogP contribution in [0.5, 0.6) is 0 Å². The Hall–Kier alpha value is -2.62. The van der Waals surface area contributed by atoms with Gasteiger partial charge in [-0.15, -0.1) is 0 Å². The van der Waals surface area contributed by atoms with E-state index in [0.717, 1.165) is 12.0 Å². The Kier molecular flexibility index (Phi) is 3.94. The summed E-state index contributed by atoms with van der Waals surface area (Å²) in [6.45, 7) is 3.36. The van der Waals surface area contributed by atoms with E-state index in [-0.39, 0.29) is 17.5 Å². The van der Waals surface area contributed by atoms with E-state index in [9.17, 15) is 14.4 Å². The predicted molar refractivity (Wildman–Crippen MR) is 85.3 cm³/mol. The quantitative estimate of drug-likeness (QED) is 0.608. The summed E-state index contributed by atoms with van der Waals surface area (Å²) in [7, 11) is 1.15. The molecule has 3 rings (SSSR count). The molecule has 2 saturated heterocycles. The van der Waals surface area contributed by atoms with Gasteiger partial charge in [-0.3, -0.25) is 4.79 Å². The third kappa shape index (κ3) is 2.44. The van der Waals surface area contributed by atoms with E-state index < -0.39 is 35.2 Å². The molecule has 3 heterocycles. The molecular formula is C15H16N2O7S. The second-order valence-corrected chi connectivity index (χ2v) is 6.58. The zero-order valence-electron chi connectivity index (χ0n) is 13.7. The summed E-state index contributed by atoms with van der Waals surface area (Å²) in [4.78, 5) is 38.7. The topological polar surface area (TPSA) is 107 Å².